The van der Waals surface area contributed by atoms with Crippen molar-refractivity contribution >= 4 is 74.9 Å². The summed E-state index contributed by atoms with van der Waals surface area (Å²) in [6, 6.07) is 7.37. The van der Waals surface area contributed by atoms with Crippen molar-refractivity contribution in [1.82, 2.24) is 9.55 Å². The summed E-state index contributed by atoms with van der Waals surface area (Å²) in [4.78, 5) is 6.83. The average molecular weight is 468 g/mol. The van der Waals surface area contributed by atoms with Gasteiger partial charge in [0.15, 0.2) is 0 Å². The highest BCUT2D eigenvalue weighted by Crippen LogP contribution is 2.41. The van der Waals surface area contributed by atoms with Crippen LogP contribution < -0.4 is 10.2 Å². The van der Waals surface area contributed by atoms with Gasteiger partial charge in [0.25, 0.3) is 0 Å². The van der Waals surface area contributed by atoms with Crippen molar-refractivity contribution in [3.05, 3.63) is 68.2 Å². The summed E-state index contributed by atoms with van der Waals surface area (Å²) in [7, 11) is 0. The van der Waals surface area contributed by atoms with Crippen LogP contribution in [0.5, 0.6) is 0 Å². The zero-order valence-corrected chi connectivity index (χ0v) is 18.8. The van der Waals surface area contributed by atoms with Gasteiger partial charge in [-0.2, -0.15) is 0 Å². The molecule has 0 radical (unpaired) electrons. The zero-order valence-electron chi connectivity index (χ0n) is 15.8. The highest BCUT2D eigenvalue weighted by atomic mass is 35.5. The van der Waals surface area contributed by atoms with Crippen LogP contribution in [0.3, 0.4) is 0 Å². The van der Waals surface area contributed by atoms with Gasteiger partial charge in [-0.05, 0) is 50.3 Å². The van der Waals surface area contributed by atoms with E-state index < -0.39 is 0 Å². The maximum absolute atomic E-state index is 6.19. The number of anilines is 2. The van der Waals surface area contributed by atoms with Gasteiger partial charge in [0.05, 0.1) is 42.5 Å². The predicted molar refractivity (Wildman–Crippen MR) is 126 cm³/mol. The van der Waals surface area contributed by atoms with Crippen LogP contribution in [-0.2, 0) is 6.54 Å². The SMILES string of the molecule is CCN1C(=CC=Cc2nc3cc(Cl)c(Cl)cc3n2CC)Nc2cc(Cl)c(Cl)cc21. The monoisotopic (exact) mass is 466 g/mol. The minimum atomic E-state index is 0.501. The van der Waals surface area contributed by atoms with Crippen LogP contribution in [0.2, 0.25) is 20.1 Å². The summed E-state index contributed by atoms with van der Waals surface area (Å²) in [5, 5.41) is 5.48. The molecule has 1 N–H and O–H groups in total. The van der Waals surface area contributed by atoms with E-state index in [1.165, 1.54) is 0 Å². The molecule has 4 nitrogen and oxygen atoms in total. The quantitative estimate of drug-likeness (QED) is 0.431. The number of benzene rings is 2. The molecule has 3 aromatic rings. The van der Waals surface area contributed by atoms with Crippen LogP contribution >= 0.6 is 46.4 Å². The van der Waals surface area contributed by atoms with Crippen LogP contribution in [0, 0.1) is 0 Å². The lowest BCUT2D eigenvalue weighted by Gasteiger charge is -2.17. The van der Waals surface area contributed by atoms with Crippen LogP contribution in [0.25, 0.3) is 17.1 Å². The smallest absolute Gasteiger partial charge is 0.133 e. The second kappa shape index (κ2) is 8.11. The summed E-state index contributed by atoms with van der Waals surface area (Å²) < 4.78 is 2.10. The maximum atomic E-state index is 6.19. The first-order chi connectivity index (χ1) is 13.9. The fourth-order valence-corrected chi connectivity index (χ4v) is 4.13. The minimum absolute atomic E-state index is 0.501. The van der Waals surface area contributed by atoms with Gasteiger partial charge >= 0.3 is 0 Å². The number of allylic oxidation sites excluding steroid dienone is 2. The Kier molecular flexibility index (Phi) is 5.71. The summed E-state index contributed by atoms with van der Waals surface area (Å²) in [5.41, 5.74) is 3.72. The lowest BCUT2D eigenvalue weighted by molar-refractivity contribution is 0.777. The Morgan fingerprint density at radius 2 is 1.62 bits per heavy atom. The molecular weight excluding hydrogens is 450 g/mol. The number of rotatable bonds is 4. The maximum Gasteiger partial charge on any atom is 0.133 e. The van der Waals surface area contributed by atoms with E-state index in [1.807, 2.05) is 36.4 Å². The molecule has 0 aliphatic carbocycles. The van der Waals surface area contributed by atoms with Gasteiger partial charge in [-0.1, -0.05) is 52.5 Å². The van der Waals surface area contributed by atoms with Crippen LogP contribution in [0.4, 0.5) is 11.4 Å². The summed E-state index contributed by atoms with van der Waals surface area (Å²) in [5.74, 6) is 1.78. The van der Waals surface area contributed by atoms with Gasteiger partial charge in [-0.25, -0.2) is 4.98 Å². The van der Waals surface area contributed by atoms with Gasteiger partial charge in [0.2, 0.25) is 0 Å². The fraction of sp³-hybridized carbons (Fsp3) is 0.190. The Hall–Kier alpha value is -1.85. The number of fused-ring (bicyclic) bond motifs is 2. The summed E-state index contributed by atoms with van der Waals surface area (Å²) >= 11 is 24.7. The molecule has 0 spiro atoms. The molecule has 0 saturated heterocycles. The van der Waals surface area contributed by atoms with Crippen molar-refractivity contribution in [1.29, 1.82) is 0 Å². The molecule has 8 heteroatoms. The summed E-state index contributed by atoms with van der Waals surface area (Å²) in [6.45, 7) is 5.72. The minimum Gasteiger partial charge on any atom is -0.340 e. The van der Waals surface area contributed by atoms with E-state index in [-0.39, 0.29) is 0 Å². The number of halogens is 4. The molecule has 0 fully saturated rings. The van der Waals surface area contributed by atoms with Crippen molar-refractivity contribution in [2.45, 2.75) is 20.4 Å². The molecular formula is C21H18Cl4N4. The average Bonchev–Trinajstić information content (AvgIpc) is 3.19. The van der Waals surface area contributed by atoms with E-state index in [0.29, 0.717) is 20.1 Å². The third kappa shape index (κ3) is 3.71. The molecule has 1 aromatic heterocycles. The van der Waals surface area contributed by atoms with Gasteiger partial charge in [0, 0.05) is 13.1 Å². The number of aromatic nitrogens is 2. The summed E-state index contributed by atoms with van der Waals surface area (Å²) in [6.07, 6.45) is 5.94. The number of aryl methyl sites for hydroxylation is 1. The molecule has 4 rings (SSSR count). The van der Waals surface area contributed by atoms with E-state index in [9.17, 15) is 0 Å². The van der Waals surface area contributed by atoms with Crippen molar-refractivity contribution in [2.75, 3.05) is 16.8 Å². The molecule has 2 aromatic carbocycles. The first kappa shape index (κ1) is 20.4. The lowest BCUT2D eigenvalue weighted by Crippen LogP contribution is -2.19. The van der Waals surface area contributed by atoms with Gasteiger partial charge in [-0.15, -0.1) is 0 Å². The topological polar surface area (TPSA) is 33.1 Å². The van der Waals surface area contributed by atoms with E-state index >= 15 is 0 Å². The van der Waals surface area contributed by atoms with Crippen LogP contribution in [0.1, 0.15) is 19.7 Å². The highest BCUT2D eigenvalue weighted by Gasteiger charge is 2.23. The highest BCUT2D eigenvalue weighted by molar-refractivity contribution is 6.43. The fourth-order valence-electron chi connectivity index (χ4n) is 3.49. The van der Waals surface area contributed by atoms with Crippen LogP contribution in [0.15, 0.2) is 42.2 Å². The normalized spacial score (nSPS) is 15.0. The van der Waals surface area contributed by atoms with Gasteiger partial charge in [0.1, 0.15) is 11.6 Å². The van der Waals surface area contributed by atoms with E-state index in [0.717, 1.165) is 47.1 Å². The largest absolute Gasteiger partial charge is 0.340 e. The number of imidazole rings is 1. The van der Waals surface area contributed by atoms with Crippen molar-refractivity contribution < 1.29 is 0 Å². The Bertz CT molecular complexity index is 1160. The van der Waals surface area contributed by atoms with Gasteiger partial charge < -0.3 is 14.8 Å². The Labute approximate surface area is 189 Å². The Morgan fingerprint density at radius 1 is 0.931 bits per heavy atom. The molecule has 150 valence electrons. The number of nitrogens with zero attached hydrogens (tertiary/aromatic N) is 3. The standard InChI is InChI=1S/C21H18Cl4N4/c1-3-28-18-10-14(24)12(22)8-16(18)26-20(28)6-5-7-21-27-17-9-13(23)15(25)11-19(17)29(21)4-2/h5-11,26H,3-4H2,1-2H3. The van der Waals surface area contributed by atoms with Crippen LogP contribution in [-0.4, -0.2) is 16.1 Å². The molecule has 1 aliphatic rings. The second-order valence-corrected chi connectivity index (χ2v) is 8.16. The lowest BCUT2D eigenvalue weighted by atomic mass is 10.2. The first-order valence-corrected chi connectivity index (χ1v) is 10.7. The number of nitrogens with one attached hydrogen (secondary N) is 1. The molecule has 0 amide bonds. The van der Waals surface area contributed by atoms with Crippen molar-refractivity contribution in [3.8, 4) is 0 Å². The van der Waals surface area contributed by atoms with Crippen molar-refractivity contribution in [3.63, 3.8) is 0 Å². The number of hydrogen-bond acceptors (Lipinski definition) is 3. The van der Waals surface area contributed by atoms with Crippen molar-refractivity contribution in [2.24, 2.45) is 0 Å². The molecule has 0 bridgehead atoms. The predicted octanol–water partition coefficient (Wildman–Crippen LogP) is 7.48. The van der Waals surface area contributed by atoms with E-state index in [1.54, 1.807) is 6.07 Å². The Balaban J connectivity index is 1.67. The molecule has 0 atom stereocenters. The zero-order chi connectivity index (χ0) is 20.7. The molecule has 0 saturated carbocycles. The second-order valence-electron chi connectivity index (χ2n) is 6.53. The molecule has 0 unspecified atom stereocenters. The Morgan fingerprint density at radius 3 is 2.34 bits per heavy atom. The number of hydrogen-bond donors (Lipinski definition) is 1. The molecule has 1 aliphatic heterocycles. The van der Waals surface area contributed by atoms with Gasteiger partial charge in [-0.3, -0.25) is 0 Å². The van der Waals surface area contributed by atoms with E-state index in [4.69, 9.17) is 46.4 Å². The van der Waals surface area contributed by atoms with E-state index in [2.05, 4.69) is 33.6 Å². The molecule has 2 heterocycles. The first-order valence-electron chi connectivity index (χ1n) is 9.20. The molecule has 29 heavy (non-hydrogen) atoms. The third-order valence-electron chi connectivity index (χ3n) is 4.83. The third-order valence-corrected chi connectivity index (χ3v) is 6.28.